The number of hydrogen-bond acceptors (Lipinski definition) is 0. The smallest absolute Gasteiger partial charge is 0.113 e. The molecule has 0 spiro atoms. The molecule has 0 saturated heterocycles. The van der Waals surface area contributed by atoms with Gasteiger partial charge in [0.2, 0.25) is 0 Å². The van der Waals surface area contributed by atoms with Gasteiger partial charge < -0.3 is 4.48 Å². The first-order chi connectivity index (χ1) is 10.6. The Bertz CT molecular complexity index is 745. The average Bonchev–Trinajstić information content (AvgIpc) is 2.58. The van der Waals surface area contributed by atoms with Crippen molar-refractivity contribution >= 4 is 21.5 Å². The number of hydrogen-bond donors (Lipinski definition) is 0. The van der Waals surface area contributed by atoms with Gasteiger partial charge in [-0.3, -0.25) is 0 Å². The molecule has 0 aromatic heterocycles. The molecule has 0 aliphatic carbocycles. The molecule has 0 fully saturated rings. The van der Waals surface area contributed by atoms with Crippen molar-refractivity contribution in [3.05, 3.63) is 60.2 Å². The third kappa shape index (κ3) is 2.30. The van der Waals surface area contributed by atoms with Crippen molar-refractivity contribution in [2.75, 3.05) is 20.1 Å². The molecule has 0 saturated carbocycles. The third-order valence-electron chi connectivity index (χ3n) is 5.61. The maximum absolute atomic E-state index is 2.39. The lowest BCUT2D eigenvalue weighted by Crippen LogP contribution is -2.45. The van der Waals surface area contributed by atoms with Crippen molar-refractivity contribution in [3.8, 4) is 0 Å². The van der Waals surface area contributed by atoms with Crippen molar-refractivity contribution in [3.63, 3.8) is 0 Å². The minimum atomic E-state index is 0.478. The molecule has 3 aromatic rings. The summed E-state index contributed by atoms with van der Waals surface area (Å²) in [7, 11) is 2.38. The molecule has 0 N–H and O–H groups in total. The molecule has 1 unspecified atom stereocenters. The number of fused-ring (bicyclic) bond motifs is 2. The fraction of sp³-hybridized carbons (Fsp3) is 0.333. The quantitative estimate of drug-likeness (QED) is 0.437. The highest BCUT2D eigenvalue weighted by Crippen LogP contribution is 2.37. The van der Waals surface area contributed by atoms with Crippen molar-refractivity contribution in [1.82, 2.24) is 0 Å². The van der Waals surface area contributed by atoms with Gasteiger partial charge in [-0.05, 0) is 48.4 Å². The molecular formula is C21H26N+. The number of nitrogens with zero attached hydrogens (tertiary/aromatic N) is 1. The van der Waals surface area contributed by atoms with E-state index >= 15 is 0 Å². The first-order valence-corrected chi connectivity index (χ1v) is 8.35. The molecule has 22 heavy (non-hydrogen) atoms. The standard InChI is InChI=1S/C21H26N/c1-5-22(4,6-2)16(3)21-19-13-9-7-11-17(19)15-18-12-8-10-14-20(18)21/h7-16H,5-6H2,1-4H3/q+1. The Morgan fingerprint density at radius 2 is 1.27 bits per heavy atom. The molecule has 0 amide bonds. The highest BCUT2D eigenvalue weighted by Gasteiger charge is 2.29. The van der Waals surface area contributed by atoms with Gasteiger partial charge in [-0.15, -0.1) is 0 Å². The first kappa shape index (κ1) is 15.1. The lowest BCUT2D eigenvalue weighted by Gasteiger charge is -2.39. The van der Waals surface area contributed by atoms with Gasteiger partial charge in [0.25, 0.3) is 0 Å². The molecule has 3 aromatic carbocycles. The van der Waals surface area contributed by atoms with Crippen LogP contribution in [0.2, 0.25) is 0 Å². The molecule has 0 bridgehead atoms. The van der Waals surface area contributed by atoms with Crippen LogP contribution in [0.3, 0.4) is 0 Å². The fourth-order valence-corrected chi connectivity index (χ4v) is 3.58. The predicted molar refractivity (Wildman–Crippen MR) is 97.1 cm³/mol. The van der Waals surface area contributed by atoms with Gasteiger partial charge in [0.1, 0.15) is 6.04 Å². The van der Waals surface area contributed by atoms with Crippen molar-refractivity contribution in [2.45, 2.75) is 26.8 Å². The van der Waals surface area contributed by atoms with E-state index in [0.717, 1.165) is 17.6 Å². The summed E-state index contributed by atoms with van der Waals surface area (Å²) >= 11 is 0. The Morgan fingerprint density at radius 3 is 1.73 bits per heavy atom. The van der Waals surface area contributed by atoms with Crippen molar-refractivity contribution in [2.24, 2.45) is 0 Å². The SMILES string of the molecule is CC[N+](C)(CC)C(C)c1c2ccccc2cc2ccccc12. The summed E-state index contributed by atoms with van der Waals surface area (Å²) in [5.74, 6) is 0. The highest BCUT2D eigenvalue weighted by molar-refractivity contribution is 6.02. The number of rotatable bonds is 4. The second kappa shape index (κ2) is 5.73. The van der Waals surface area contributed by atoms with E-state index in [0.29, 0.717) is 6.04 Å². The summed E-state index contributed by atoms with van der Waals surface area (Å²) < 4.78 is 1.07. The molecule has 1 heteroatoms. The monoisotopic (exact) mass is 292 g/mol. The van der Waals surface area contributed by atoms with E-state index in [4.69, 9.17) is 0 Å². The zero-order valence-electron chi connectivity index (χ0n) is 14.1. The lowest BCUT2D eigenvalue weighted by atomic mass is 9.91. The number of quaternary nitrogens is 1. The summed E-state index contributed by atoms with van der Waals surface area (Å²) in [4.78, 5) is 0. The Hall–Kier alpha value is -1.86. The molecule has 1 nitrogen and oxygen atoms in total. The molecule has 0 aliphatic heterocycles. The van der Waals surface area contributed by atoms with E-state index in [1.54, 1.807) is 0 Å². The van der Waals surface area contributed by atoms with Crippen LogP contribution in [-0.4, -0.2) is 24.6 Å². The zero-order chi connectivity index (χ0) is 15.7. The maximum atomic E-state index is 2.39. The van der Waals surface area contributed by atoms with Crippen LogP contribution in [0.1, 0.15) is 32.4 Å². The summed E-state index contributed by atoms with van der Waals surface area (Å²) in [6.45, 7) is 9.28. The van der Waals surface area contributed by atoms with Gasteiger partial charge in [-0.1, -0.05) is 48.5 Å². The van der Waals surface area contributed by atoms with Gasteiger partial charge in [-0.2, -0.15) is 0 Å². The van der Waals surface area contributed by atoms with E-state index < -0.39 is 0 Å². The van der Waals surface area contributed by atoms with E-state index in [1.165, 1.54) is 27.1 Å². The fourth-order valence-electron chi connectivity index (χ4n) is 3.58. The normalized spacial score (nSPS) is 13.6. The molecule has 3 rings (SSSR count). The van der Waals surface area contributed by atoms with Crippen LogP contribution in [0.15, 0.2) is 54.6 Å². The molecule has 0 radical (unpaired) electrons. The van der Waals surface area contributed by atoms with Gasteiger partial charge in [-0.25, -0.2) is 0 Å². The molecular weight excluding hydrogens is 266 g/mol. The van der Waals surface area contributed by atoms with Crippen molar-refractivity contribution in [1.29, 1.82) is 0 Å². The second-order valence-corrected chi connectivity index (χ2v) is 6.52. The molecule has 1 atom stereocenters. The van der Waals surface area contributed by atoms with Crippen LogP contribution in [0.25, 0.3) is 21.5 Å². The maximum Gasteiger partial charge on any atom is 0.113 e. The van der Waals surface area contributed by atoms with Gasteiger partial charge >= 0.3 is 0 Å². The van der Waals surface area contributed by atoms with Crippen LogP contribution in [-0.2, 0) is 0 Å². The Morgan fingerprint density at radius 1 is 0.818 bits per heavy atom. The van der Waals surface area contributed by atoms with Gasteiger partial charge in [0.15, 0.2) is 0 Å². The Kier molecular flexibility index (Phi) is 3.92. The molecule has 0 aliphatic rings. The summed E-state index contributed by atoms with van der Waals surface area (Å²) in [5, 5.41) is 5.50. The van der Waals surface area contributed by atoms with E-state index in [9.17, 15) is 0 Å². The second-order valence-electron chi connectivity index (χ2n) is 6.52. The summed E-state index contributed by atoms with van der Waals surface area (Å²) in [6.07, 6.45) is 0. The van der Waals surface area contributed by atoms with Crippen LogP contribution in [0, 0.1) is 0 Å². The lowest BCUT2D eigenvalue weighted by molar-refractivity contribution is -0.934. The van der Waals surface area contributed by atoms with Gasteiger partial charge in [0.05, 0.1) is 20.1 Å². The van der Waals surface area contributed by atoms with Gasteiger partial charge in [0, 0.05) is 5.56 Å². The van der Waals surface area contributed by atoms with E-state index in [1.807, 2.05) is 0 Å². The first-order valence-electron chi connectivity index (χ1n) is 8.35. The van der Waals surface area contributed by atoms with Crippen LogP contribution in [0.4, 0.5) is 0 Å². The summed E-state index contributed by atoms with van der Waals surface area (Å²) in [6, 6.07) is 20.4. The average molecular weight is 292 g/mol. The summed E-state index contributed by atoms with van der Waals surface area (Å²) in [5.41, 5.74) is 1.50. The third-order valence-corrected chi connectivity index (χ3v) is 5.61. The minimum Gasteiger partial charge on any atom is -0.321 e. The van der Waals surface area contributed by atoms with E-state index in [-0.39, 0.29) is 0 Å². The Balaban J connectivity index is 2.38. The molecule has 0 heterocycles. The van der Waals surface area contributed by atoms with Crippen molar-refractivity contribution < 1.29 is 4.48 Å². The topological polar surface area (TPSA) is 0 Å². The highest BCUT2D eigenvalue weighted by atomic mass is 15.3. The number of benzene rings is 3. The molecule has 114 valence electrons. The Labute approximate surface area is 133 Å². The van der Waals surface area contributed by atoms with Crippen LogP contribution in [0.5, 0.6) is 0 Å². The van der Waals surface area contributed by atoms with Crippen LogP contribution < -0.4 is 0 Å². The minimum absolute atomic E-state index is 0.478. The largest absolute Gasteiger partial charge is 0.321 e. The van der Waals surface area contributed by atoms with E-state index in [2.05, 4.69) is 82.4 Å². The van der Waals surface area contributed by atoms with Crippen LogP contribution >= 0.6 is 0 Å². The predicted octanol–water partition coefficient (Wildman–Crippen LogP) is 5.54. The zero-order valence-corrected chi connectivity index (χ0v) is 14.1.